The number of hydrogen-bond acceptors (Lipinski definition) is 3. The maximum Gasteiger partial charge on any atom is 0.176 e. The minimum atomic E-state index is -0.0223. The van der Waals surface area contributed by atoms with Crippen molar-refractivity contribution in [1.29, 1.82) is 0 Å². The number of halogens is 1. The van der Waals surface area contributed by atoms with Gasteiger partial charge in [0.25, 0.3) is 0 Å². The van der Waals surface area contributed by atoms with Crippen LogP contribution in [-0.2, 0) is 0 Å². The van der Waals surface area contributed by atoms with Gasteiger partial charge in [0, 0.05) is 6.04 Å². The van der Waals surface area contributed by atoms with Crippen LogP contribution in [0.15, 0.2) is 12.1 Å². The summed E-state index contributed by atoms with van der Waals surface area (Å²) >= 11 is 5.88. The molecule has 2 rings (SSSR count). The minimum absolute atomic E-state index is 0.00278. The summed E-state index contributed by atoms with van der Waals surface area (Å²) in [5.74, 6) is 0.912. The van der Waals surface area contributed by atoms with Gasteiger partial charge in [-0.25, -0.2) is 0 Å². The molecule has 4 heteroatoms. The molecule has 0 saturated heterocycles. The molecule has 1 fully saturated rings. The van der Waals surface area contributed by atoms with Gasteiger partial charge in [0.1, 0.15) is 0 Å². The summed E-state index contributed by atoms with van der Waals surface area (Å²) in [7, 11) is 1.50. The number of nitrogens with two attached hydrogens (primary N) is 1. The summed E-state index contributed by atoms with van der Waals surface area (Å²) in [6.07, 6.45) is 2.34. The smallest absolute Gasteiger partial charge is 0.176 e. The largest absolute Gasteiger partial charge is 0.503 e. The second kappa shape index (κ2) is 3.91. The highest BCUT2D eigenvalue weighted by atomic mass is 35.5. The Balaban J connectivity index is 2.35. The predicted molar refractivity (Wildman–Crippen MR) is 59.3 cm³/mol. The van der Waals surface area contributed by atoms with Gasteiger partial charge in [-0.3, -0.25) is 0 Å². The van der Waals surface area contributed by atoms with Crippen molar-refractivity contribution in [2.24, 2.45) is 11.7 Å². The quantitative estimate of drug-likeness (QED) is 0.834. The van der Waals surface area contributed by atoms with Gasteiger partial charge in [0.15, 0.2) is 11.5 Å². The van der Waals surface area contributed by atoms with E-state index < -0.39 is 0 Å². The van der Waals surface area contributed by atoms with Crippen molar-refractivity contribution in [3.8, 4) is 11.5 Å². The molecule has 0 spiro atoms. The molecule has 0 unspecified atom stereocenters. The summed E-state index contributed by atoms with van der Waals surface area (Å²) in [6, 6.07) is 3.46. The number of aromatic hydroxyl groups is 1. The highest BCUT2D eigenvalue weighted by molar-refractivity contribution is 6.32. The van der Waals surface area contributed by atoms with E-state index in [4.69, 9.17) is 22.1 Å². The van der Waals surface area contributed by atoms with Gasteiger partial charge in [-0.2, -0.15) is 0 Å². The number of phenolic OH excluding ortho intramolecular Hbond substituents is 1. The molecule has 0 aromatic heterocycles. The molecule has 1 aromatic rings. The molecule has 3 N–H and O–H groups in total. The average Bonchev–Trinajstić information content (AvgIpc) is 3.04. The Morgan fingerprint density at radius 3 is 2.73 bits per heavy atom. The Morgan fingerprint density at radius 2 is 2.20 bits per heavy atom. The minimum Gasteiger partial charge on any atom is -0.503 e. The van der Waals surface area contributed by atoms with Crippen molar-refractivity contribution in [2.45, 2.75) is 18.9 Å². The van der Waals surface area contributed by atoms with E-state index in [9.17, 15) is 5.11 Å². The predicted octanol–water partition coefficient (Wildman–Crippen LogP) is 2.46. The Morgan fingerprint density at radius 1 is 1.53 bits per heavy atom. The second-order valence-corrected chi connectivity index (χ2v) is 4.32. The van der Waals surface area contributed by atoms with Crippen molar-refractivity contribution in [3.63, 3.8) is 0 Å². The highest BCUT2D eigenvalue weighted by Gasteiger charge is 2.30. The van der Waals surface area contributed by atoms with E-state index in [0.29, 0.717) is 16.7 Å². The SMILES string of the molecule is COc1cc([C@H](N)C2CC2)cc(Cl)c1O. The van der Waals surface area contributed by atoms with Crippen LogP contribution in [0.2, 0.25) is 5.02 Å². The van der Waals surface area contributed by atoms with E-state index in [1.165, 1.54) is 20.0 Å². The van der Waals surface area contributed by atoms with Crippen molar-refractivity contribution in [1.82, 2.24) is 0 Å². The molecular weight excluding hydrogens is 214 g/mol. The molecular formula is C11H14ClNO2. The zero-order valence-electron chi connectivity index (χ0n) is 8.53. The van der Waals surface area contributed by atoms with Gasteiger partial charge < -0.3 is 15.6 Å². The third-order valence-corrected chi connectivity index (χ3v) is 3.07. The number of hydrogen-bond donors (Lipinski definition) is 2. The molecule has 0 amide bonds. The van der Waals surface area contributed by atoms with Crippen LogP contribution in [0.25, 0.3) is 0 Å². The fraction of sp³-hybridized carbons (Fsp3) is 0.455. The lowest BCUT2D eigenvalue weighted by Crippen LogP contribution is -2.12. The van der Waals surface area contributed by atoms with E-state index >= 15 is 0 Å². The summed E-state index contributed by atoms with van der Waals surface area (Å²) in [6.45, 7) is 0. The van der Waals surface area contributed by atoms with Crippen LogP contribution in [-0.4, -0.2) is 12.2 Å². The zero-order valence-corrected chi connectivity index (χ0v) is 9.29. The Hall–Kier alpha value is -0.930. The molecule has 0 aliphatic heterocycles. The Bertz CT molecular complexity index is 377. The van der Waals surface area contributed by atoms with Crippen molar-refractivity contribution in [2.75, 3.05) is 7.11 Å². The normalized spacial score (nSPS) is 17.5. The zero-order chi connectivity index (χ0) is 11.0. The lowest BCUT2D eigenvalue weighted by molar-refractivity contribution is 0.372. The third-order valence-electron chi connectivity index (χ3n) is 2.79. The van der Waals surface area contributed by atoms with Crippen LogP contribution in [0.5, 0.6) is 11.5 Å². The van der Waals surface area contributed by atoms with Gasteiger partial charge >= 0.3 is 0 Å². The number of phenols is 1. The molecule has 15 heavy (non-hydrogen) atoms. The molecule has 1 aromatic carbocycles. The van der Waals surface area contributed by atoms with Gasteiger partial charge in [0.05, 0.1) is 12.1 Å². The fourth-order valence-corrected chi connectivity index (χ4v) is 1.89. The molecule has 82 valence electrons. The van der Waals surface area contributed by atoms with Gasteiger partial charge in [-0.05, 0) is 36.5 Å². The lowest BCUT2D eigenvalue weighted by atomic mass is 10.0. The summed E-state index contributed by atoms with van der Waals surface area (Å²) in [5, 5.41) is 9.85. The van der Waals surface area contributed by atoms with Crippen molar-refractivity contribution < 1.29 is 9.84 Å². The van der Waals surface area contributed by atoms with Gasteiger partial charge in [-0.1, -0.05) is 11.6 Å². The Labute approximate surface area is 93.8 Å². The lowest BCUT2D eigenvalue weighted by Gasteiger charge is -2.14. The van der Waals surface area contributed by atoms with Crippen LogP contribution in [0.3, 0.4) is 0 Å². The summed E-state index contributed by atoms with van der Waals surface area (Å²) in [5.41, 5.74) is 6.97. The number of methoxy groups -OCH3 is 1. The maximum absolute atomic E-state index is 9.56. The summed E-state index contributed by atoms with van der Waals surface area (Å²) < 4.78 is 5.03. The van der Waals surface area contributed by atoms with E-state index in [2.05, 4.69) is 0 Å². The molecule has 1 aliphatic carbocycles. The van der Waals surface area contributed by atoms with Crippen molar-refractivity contribution in [3.05, 3.63) is 22.7 Å². The monoisotopic (exact) mass is 227 g/mol. The third kappa shape index (κ3) is 2.03. The van der Waals surface area contributed by atoms with E-state index in [1.807, 2.05) is 0 Å². The number of ether oxygens (including phenoxy) is 1. The average molecular weight is 228 g/mol. The van der Waals surface area contributed by atoms with E-state index in [1.54, 1.807) is 12.1 Å². The number of rotatable bonds is 3. The van der Waals surface area contributed by atoms with Crippen LogP contribution in [0.4, 0.5) is 0 Å². The first-order valence-corrected chi connectivity index (χ1v) is 5.33. The van der Waals surface area contributed by atoms with Gasteiger partial charge in [0.2, 0.25) is 0 Å². The maximum atomic E-state index is 9.56. The topological polar surface area (TPSA) is 55.5 Å². The first-order valence-electron chi connectivity index (χ1n) is 4.95. The first kappa shape index (κ1) is 10.6. The molecule has 0 radical (unpaired) electrons. The molecule has 3 nitrogen and oxygen atoms in total. The van der Waals surface area contributed by atoms with Crippen LogP contribution < -0.4 is 10.5 Å². The fourth-order valence-electron chi connectivity index (χ4n) is 1.67. The first-order chi connectivity index (χ1) is 7.13. The van der Waals surface area contributed by atoms with E-state index in [-0.39, 0.29) is 11.8 Å². The second-order valence-electron chi connectivity index (χ2n) is 3.92. The molecule has 1 atom stereocenters. The molecule has 1 saturated carbocycles. The van der Waals surface area contributed by atoms with E-state index in [0.717, 1.165) is 5.56 Å². The standard InChI is InChI=1S/C11H14ClNO2/c1-15-9-5-7(4-8(12)11(9)14)10(13)6-2-3-6/h4-6,10,14H,2-3,13H2,1H3/t10-/m1/s1. The number of benzene rings is 1. The van der Waals surface area contributed by atoms with Crippen molar-refractivity contribution >= 4 is 11.6 Å². The molecule has 0 heterocycles. The van der Waals surface area contributed by atoms with Crippen LogP contribution >= 0.6 is 11.6 Å². The molecule has 0 bridgehead atoms. The Kier molecular flexibility index (Phi) is 2.76. The summed E-state index contributed by atoms with van der Waals surface area (Å²) in [4.78, 5) is 0. The van der Waals surface area contributed by atoms with Gasteiger partial charge in [-0.15, -0.1) is 0 Å². The van der Waals surface area contributed by atoms with Crippen LogP contribution in [0, 0.1) is 5.92 Å². The highest BCUT2D eigenvalue weighted by Crippen LogP contribution is 2.43. The van der Waals surface area contributed by atoms with Crippen LogP contribution in [0.1, 0.15) is 24.4 Å². The molecule has 1 aliphatic rings.